The van der Waals surface area contributed by atoms with Gasteiger partial charge in [-0.1, -0.05) is 0 Å². The minimum Gasteiger partial charge on any atom is -0.444 e. The van der Waals surface area contributed by atoms with Crippen LogP contribution >= 0.6 is 0 Å². The van der Waals surface area contributed by atoms with Gasteiger partial charge in [-0.05, 0) is 46.6 Å². The van der Waals surface area contributed by atoms with Crippen molar-refractivity contribution in [2.24, 2.45) is 0 Å². The molecule has 1 N–H and O–H groups in total. The maximum atomic E-state index is 13.2. The van der Waals surface area contributed by atoms with Crippen LogP contribution in [0.1, 0.15) is 45.1 Å². The summed E-state index contributed by atoms with van der Waals surface area (Å²) >= 11 is 0. The number of aryl methyl sites for hydroxylation is 2. The number of sulfonamides is 1. The van der Waals surface area contributed by atoms with Gasteiger partial charge in [0, 0.05) is 6.54 Å². The third kappa shape index (κ3) is 4.53. The van der Waals surface area contributed by atoms with Crippen molar-refractivity contribution in [3.05, 3.63) is 29.8 Å². The Morgan fingerprint density at radius 1 is 1.33 bits per heavy atom. The fraction of sp³-hybridized carbons (Fsp3) is 0.500. The first kappa shape index (κ1) is 21.9. The minimum absolute atomic E-state index is 0.0292. The van der Waals surface area contributed by atoms with E-state index in [1.54, 1.807) is 20.8 Å². The molecular formula is C18H23F2N5O4S. The number of pyridine rings is 1. The Morgan fingerprint density at radius 3 is 2.63 bits per heavy atom. The Balaban J connectivity index is 1.95. The molecule has 0 radical (unpaired) electrons. The fourth-order valence-electron chi connectivity index (χ4n) is 3.08. The second-order valence-electron chi connectivity index (χ2n) is 7.83. The molecular weight excluding hydrogens is 420 g/mol. The molecule has 9 nitrogen and oxygen atoms in total. The molecule has 0 unspecified atom stereocenters. The van der Waals surface area contributed by atoms with Crippen LogP contribution in [-0.2, 0) is 21.2 Å². The zero-order valence-electron chi connectivity index (χ0n) is 17.0. The molecule has 0 saturated heterocycles. The van der Waals surface area contributed by atoms with E-state index in [4.69, 9.17) is 4.74 Å². The van der Waals surface area contributed by atoms with Gasteiger partial charge in [0.25, 0.3) is 10.0 Å². The molecule has 1 aliphatic rings. The lowest BCUT2D eigenvalue weighted by atomic mass is 10.1. The van der Waals surface area contributed by atoms with Crippen LogP contribution in [0.4, 0.5) is 25.0 Å². The number of aromatic nitrogens is 3. The number of ether oxygens (including phenoxy) is 1. The van der Waals surface area contributed by atoms with Crippen LogP contribution in [0.5, 0.6) is 0 Å². The highest BCUT2D eigenvalue weighted by molar-refractivity contribution is 7.92. The van der Waals surface area contributed by atoms with Crippen LogP contribution in [0.3, 0.4) is 0 Å². The number of amides is 1. The van der Waals surface area contributed by atoms with Crippen molar-refractivity contribution < 1.29 is 26.7 Å². The van der Waals surface area contributed by atoms with E-state index >= 15 is 0 Å². The molecule has 1 aliphatic heterocycles. The highest BCUT2D eigenvalue weighted by Crippen LogP contribution is 2.34. The summed E-state index contributed by atoms with van der Waals surface area (Å²) in [6, 6.07) is 1.48. The molecule has 0 spiro atoms. The highest BCUT2D eigenvalue weighted by atomic mass is 32.2. The summed E-state index contributed by atoms with van der Waals surface area (Å²) < 4.78 is 59.0. The lowest BCUT2D eigenvalue weighted by molar-refractivity contribution is 0.0560. The Kier molecular flexibility index (Phi) is 5.72. The van der Waals surface area contributed by atoms with Crippen LogP contribution in [0.2, 0.25) is 0 Å². The van der Waals surface area contributed by atoms with E-state index in [9.17, 15) is 22.0 Å². The number of halogens is 2. The first-order chi connectivity index (χ1) is 13.9. The van der Waals surface area contributed by atoms with Crippen molar-refractivity contribution in [3.63, 3.8) is 0 Å². The number of hydrogen-bond acceptors (Lipinski definition) is 6. The van der Waals surface area contributed by atoms with Crippen molar-refractivity contribution in [2.75, 3.05) is 16.2 Å². The minimum atomic E-state index is -4.16. The first-order valence-electron chi connectivity index (χ1n) is 9.24. The number of hydrogen-bond donors (Lipinski definition) is 1. The molecule has 2 aromatic rings. The molecule has 12 heteroatoms. The van der Waals surface area contributed by atoms with Gasteiger partial charge in [0.1, 0.15) is 10.5 Å². The topological polar surface area (TPSA) is 106 Å². The molecule has 0 atom stereocenters. The summed E-state index contributed by atoms with van der Waals surface area (Å²) in [4.78, 5) is 16.0. The molecule has 0 fully saturated rings. The number of fused-ring (bicyclic) bond motifs is 1. The van der Waals surface area contributed by atoms with Crippen LogP contribution in [0.15, 0.2) is 23.4 Å². The average Bonchev–Trinajstić information content (AvgIpc) is 3.02. The molecule has 3 rings (SSSR count). The third-order valence-corrected chi connectivity index (χ3v) is 6.19. The molecule has 0 aliphatic carbocycles. The fourth-order valence-corrected chi connectivity index (χ4v) is 4.76. The average molecular weight is 443 g/mol. The Labute approximate surface area is 173 Å². The summed E-state index contributed by atoms with van der Waals surface area (Å²) in [5, 5.41) is 6.12. The van der Waals surface area contributed by atoms with E-state index in [2.05, 4.69) is 15.4 Å². The largest absolute Gasteiger partial charge is 0.444 e. The maximum absolute atomic E-state index is 13.2. The van der Waals surface area contributed by atoms with Gasteiger partial charge in [-0.15, -0.1) is 0 Å². The van der Waals surface area contributed by atoms with E-state index in [0.29, 0.717) is 23.2 Å². The zero-order valence-corrected chi connectivity index (χ0v) is 17.8. The SMILES string of the molecule is Cc1nn(C(F)F)cc1S(=O)(=O)N1CCCc2ncc(NC(=O)OC(C)(C)C)cc21. The molecule has 164 valence electrons. The van der Waals surface area contributed by atoms with E-state index in [1.165, 1.54) is 19.2 Å². The van der Waals surface area contributed by atoms with Gasteiger partial charge in [0.2, 0.25) is 0 Å². The molecule has 3 heterocycles. The summed E-state index contributed by atoms with van der Waals surface area (Å²) in [6.07, 6.45) is 2.59. The van der Waals surface area contributed by atoms with Crippen molar-refractivity contribution >= 4 is 27.5 Å². The summed E-state index contributed by atoms with van der Waals surface area (Å²) in [5.41, 5.74) is 0.324. The van der Waals surface area contributed by atoms with Gasteiger partial charge in [-0.2, -0.15) is 13.9 Å². The van der Waals surface area contributed by atoms with E-state index < -0.39 is 28.3 Å². The third-order valence-electron chi connectivity index (χ3n) is 4.28. The number of anilines is 2. The summed E-state index contributed by atoms with van der Waals surface area (Å²) in [6.45, 7) is 3.70. The summed E-state index contributed by atoms with van der Waals surface area (Å²) in [5.74, 6) is 0. The van der Waals surface area contributed by atoms with Crippen molar-refractivity contribution in [1.29, 1.82) is 0 Å². The number of carbonyl (C=O) groups excluding carboxylic acids is 1. The van der Waals surface area contributed by atoms with E-state index in [1.807, 2.05) is 0 Å². The Hall–Kier alpha value is -2.76. The lowest BCUT2D eigenvalue weighted by Crippen LogP contribution is -2.36. The number of alkyl halides is 2. The van der Waals surface area contributed by atoms with Crippen molar-refractivity contribution in [3.8, 4) is 0 Å². The zero-order chi connectivity index (χ0) is 22.3. The van der Waals surface area contributed by atoms with Gasteiger partial charge in [0.15, 0.2) is 0 Å². The second kappa shape index (κ2) is 7.82. The van der Waals surface area contributed by atoms with Gasteiger partial charge in [-0.3, -0.25) is 14.6 Å². The first-order valence-corrected chi connectivity index (χ1v) is 10.7. The standard InChI is InChI=1S/C18H23F2N5O4S/c1-11-15(10-24(23-11)16(19)20)30(27,28)25-7-5-6-13-14(25)8-12(9-21-13)22-17(26)29-18(2,3)4/h8-10,16H,5-7H2,1-4H3,(H,22,26). The molecule has 2 aromatic heterocycles. The molecule has 30 heavy (non-hydrogen) atoms. The molecule has 0 saturated carbocycles. The smallest absolute Gasteiger partial charge is 0.412 e. The maximum Gasteiger partial charge on any atom is 0.412 e. The number of carbonyl (C=O) groups is 1. The Bertz CT molecular complexity index is 1060. The lowest BCUT2D eigenvalue weighted by Gasteiger charge is -2.30. The van der Waals surface area contributed by atoms with Crippen LogP contribution < -0.4 is 9.62 Å². The van der Waals surface area contributed by atoms with Gasteiger partial charge < -0.3 is 4.74 Å². The molecule has 0 bridgehead atoms. The monoisotopic (exact) mass is 443 g/mol. The predicted octanol–water partition coefficient (Wildman–Crippen LogP) is 3.47. The molecule has 1 amide bonds. The summed E-state index contributed by atoms with van der Waals surface area (Å²) in [7, 11) is -4.16. The predicted molar refractivity (Wildman–Crippen MR) is 105 cm³/mol. The Morgan fingerprint density at radius 2 is 2.03 bits per heavy atom. The highest BCUT2D eigenvalue weighted by Gasteiger charge is 2.33. The van der Waals surface area contributed by atoms with Crippen LogP contribution in [-0.4, -0.2) is 41.4 Å². The quantitative estimate of drug-likeness (QED) is 0.776. The number of nitrogens with zero attached hydrogens (tertiary/aromatic N) is 4. The van der Waals surface area contributed by atoms with Crippen molar-refractivity contribution in [2.45, 2.75) is 57.6 Å². The number of nitrogens with one attached hydrogen (secondary N) is 1. The van der Waals surface area contributed by atoms with Gasteiger partial charge in [-0.25, -0.2) is 17.9 Å². The second-order valence-corrected chi connectivity index (χ2v) is 9.66. The van der Waals surface area contributed by atoms with Crippen LogP contribution in [0, 0.1) is 6.92 Å². The molecule has 0 aromatic carbocycles. The van der Waals surface area contributed by atoms with E-state index in [-0.39, 0.29) is 28.5 Å². The van der Waals surface area contributed by atoms with Gasteiger partial charge in [0.05, 0.1) is 35.2 Å². The van der Waals surface area contributed by atoms with E-state index in [0.717, 1.165) is 10.5 Å². The van der Waals surface area contributed by atoms with Crippen LogP contribution in [0.25, 0.3) is 0 Å². The normalized spacial score (nSPS) is 14.6. The van der Waals surface area contributed by atoms with Crippen molar-refractivity contribution in [1.82, 2.24) is 14.8 Å². The van der Waals surface area contributed by atoms with Gasteiger partial charge >= 0.3 is 12.6 Å². The number of rotatable bonds is 4.